The standard InChI is InChI=1S/C14H25N3S/c1-9-5-10(2)12(4)17(6-9)7-13-8-18-14(16-13)11(3)15/h8-12H,5-7,15H2,1-4H3. The quantitative estimate of drug-likeness (QED) is 0.915. The molecule has 1 fully saturated rings. The highest BCUT2D eigenvalue weighted by atomic mass is 32.1. The lowest BCUT2D eigenvalue weighted by Crippen LogP contribution is -2.45. The van der Waals surface area contributed by atoms with Crippen molar-refractivity contribution >= 4 is 11.3 Å². The molecular weight excluding hydrogens is 242 g/mol. The Morgan fingerprint density at radius 2 is 2.22 bits per heavy atom. The van der Waals surface area contributed by atoms with E-state index in [4.69, 9.17) is 5.73 Å². The van der Waals surface area contributed by atoms with E-state index in [0.29, 0.717) is 6.04 Å². The van der Waals surface area contributed by atoms with Crippen LogP contribution in [0.1, 0.15) is 50.9 Å². The first-order valence-corrected chi connectivity index (χ1v) is 7.79. The fourth-order valence-corrected chi connectivity index (χ4v) is 3.62. The van der Waals surface area contributed by atoms with Gasteiger partial charge in [-0.25, -0.2) is 4.98 Å². The summed E-state index contributed by atoms with van der Waals surface area (Å²) in [5, 5.41) is 3.21. The monoisotopic (exact) mass is 267 g/mol. The molecule has 0 radical (unpaired) electrons. The molecule has 4 atom stereocenters. The third-order valence-electron chi connectivity index (χ3n) is 4.04. The maximum Gasteiger partial charge on any atom is 0.109 e. The van der Waals surface area contributed by atoms with Gasteiger partial charge in [0.15, 0.2) is 0 Å². The van der Waals surface area contributed by atoms with E-state index in [1.54, 1.807) is 11.3 Å². The van der Waals surface area contributed by atoms with Crippen molar-refractivity contribution in [3.63, 3.8) is 0 Å². The molecule has 4 unspecified atom stereocenters. The lowest BCUT2D eigenvalue weighted by atomic mass is 9.86. The van der Waals surface area contributed by atoms with Crippen LogP contribution in [0.25, 0.3) is 0 Å². The molecular formula is C14H25N3S. The van der Waals surface area contributed by atoms with Gasteiger partial charge in [0.2, 0.25) is 0 Å². The molecule has 0 aromatic carbocycles. The number of piperidine rings is 1. The van der Waals surface area contributed by atoms with Gasteiger partial charge < -0.3 is 5.73 Å². The Morgan fingerprint density at radius 1 is 1.50 bits per heavy atom. The summed E-state index contributed by atoms with van der Waals surface area (Å²) in [5.74, 6) is 1.57. The fraction of sp³-hybridized carbons (Fsp3) is 0.786. The van der Waals surface area contributed by atoms with Crippen LogP contribution >= 0.6 is 11.3 Å². The Balaban J connectivity index is 2.02. The predicted molar refractivity (Wildman–Crippen MR) is 77.5 cm³/mol. The number of rotatable bonds is 3. The Kier molecular flexibility index (Phi) is 4.41. The molecule has 3 nitrogen and oxygen atoms in total. The highest BCUT2D eigenvalue weighted by Crippen LogP contribution is 2.28. The topological polar surface area (TPSA) is 42.1 Å². The van der Waals surface area contributed by atoms with Crippen molar-refractivity contribution in [3.8, 4) is 0 Å². The van der Waals surface area contributed by atoms with Crippen molar-refractivity contribution in [2.75, 3.05) is 6.54 Å². The minimum absolute atomic E-state index is 0.0559. The number of hydrogen-bond acceptors (Lipinski definition) is 4. The molecule has 0 bridgehead atoms. The van der Waals surface area contributed by atoms with Gasteiger partial charge in [-0.15, -0.1) is 11.3 Å². The zero-order valence-corrected chi connectivity index (χ0v) is 12.7. The molecule has 2 rings (SSSR count). The predicted octanol–water partition coefficient (Wildman–Crippen LogP) is 3.03. The second-order valence-electron chi connectivity index (χ2n) is 5.95. The molecule has 18 heavy (non-hydrogen) atoms. The van der Waals surface area contributed by atoms with Crippen molar-refractivity contribution in [2.24, 2.45) is 17.6 Å². The molecule has 2 heterocycles. The first-order valence-electron chi connectivity index (χ1n) is 6.91. The lowest BCUT2D eigenvalue weighted by Gasteiger charge is -2.40. The Hall–Kier alpha value is -0.450. The largest absolute Gasteiger partial charge is 0.322 e. The lowest BCUT2D eigenvalue weighted by molar-refractivity contribution is 0.0719. The normalized spacial score (nSPS) is 31.5. The van der Waals surface area contributed by atoms with E-state index in [2.05, 4.69) is 36.0 Å². The van der Waals surface area contributed by atoms with Gasteiger partial charge in [-0.3, -0.25) is 4.90 Å². The van der Waals surface area contributed by atoms with E-state index >= 15 is 0 Å². The summed E-state index contributed by atoms with van der Waals surface area (Å²) in [7, 11) is 0. The van der Waals surface area contributed by atoms with E-state index in [1.165, 1.54) is 18.7 Å². The Labute approximate surface area is 114 Å². The van der Waals surface area contributed by atoms with Crippen LogP contribution in [-0.4, -0.2) is 22.5 Å². The van der Waals surface area contributed by atoms with Gasteiger partial charge in [0.1, 0.15) is 5.01 Å². The SMILES string of the molecule is CC1CC(C)C(C)N(Cc2csc(C(C)N)n2)C1. The molecule has 102 valence electrons. The van der Waals surface area contributed by atoms with Crippen LogP contribution < -0.4 is 5.73 Å². The van der Waals surface area contributed by atoms with E-state index < -0.39 is 0 Å². The van der Waals surface area contributed by atoms with Crippen LogP contribution in [-0.2, 0) is 6.54 Å². The molecule has 0 saturated carbocycles. The van der Waals surface area contributed by atoms with Crippen molar-refractivity contribution in [2.45, 2.75) is 52.7 Å². The van der Waals surface area contributed by atoms with Gasteiger partial charge in [-0.1, -0.05) is 13.8 Å². The molecule has 1 saturated heterocycles. The van der Waals surface area contributed by atoms with Crippen LogP contribution in [0, 0.1) is 11.8 Å². The summed E-state index contributed by atoms with van der Waals surface area (Å²) in [6.45, 7) is 11.2. The summed E-state index contributed by atoms with van der Waals surface area (Å²) in [6, 6.07) is 0.710. The van der Waals surface area contributed by atoms with Crippen LogP contribution in [0.15, 0.2) is 5.38 Å². The summed E-state index contributed by atoms with van der Waals surface area (Å²) in [6.07, 6.45) is 1.35. The first kappa shape index (κ1) is 14.0. The average Bonchev–Trinajstić information content (AvgIpc) is 2.74. The molecule has 0 amide bonds. The van der Waals surface area contributed by atoms with Crippen LogP contribution in [0.3, 0.4) is 0 Å². The number of likely N-dealkylation sites (tertiary alicyclic amines) is 1. The van der Waals surface area contributed by atoms with Gasteiger partial charge in [0.05, 0.1) is 11.7 Å². The minimum Gasteiger partial charge on any atom is -0.322 e. The number of nitrogens with two attached hydrogens (primary N) is 1. The molecule has 1 aliphatic rings. The minimum atomic E-state index is 0.0559. The van der Waals surface area contributed by atoms with Crippen LogP contribution in [0.4, 0.5) is 0 Å². The van der Waals surface area contributed by atoms with E-state index in [9.17, 15) is 0 Å². The number of hydrogen-bond donors (Lipinski definition) is 1. The Bertz CT molecular complexity index is 388. The second-order valence-corrected chi connectivity index (χ2v) is 6.84. The van der Waals surface area contributed by atoms with Crippen molar-refractivity contribution in [1.29, 1.82) is 0 Å². The molecule has 1 aromatic heterocycles. The van der Waals surface area contributed by atoms with Gasteiger partial charge in [-0.05, 0) is 32.1 Å². The summed E-state index contributed by atoms with van der Waals surface area (Å²) < 4.78 is 0. The Morgan fingerprint density at radius 3 is 2.83 bits per heavy atom. The maximum atomic E-state index is 5.87. The molecule has 1 aromatic rings. The first-order chi connectivity index (χ1) is 8.47. The number of aromatic nitrogens is 1. The van der Waals surface area contributed by atoms with Crippen LogP contribution in [0.2, 0.25) is 0 Å². The van der Waals surface area contributed by atoms with Crippen LogP contribution in [0.5, 0.6) is 0 Å². The second kappa shape index (κ2) is 5.68. The van der Waals surface area contributed by atoms with E-state index in [1.807, 2.05) is 6.92 Å². The van der Waals surface area contributed by atoms with E-state index in [0.717, 1.165) is 23.4 Å². The molecule has 2 N–H and O–H groups in total. The smallest absolute Gasteiger partial charge is 0.109 e. The summed E-state index contributed by atoms with van der Waals surface area (Å²) in [5.41, 5.74) is 7.05. The van der Waals surface area contributed by atoms with Crippen molar-refractivity contribution in [3.05, 3.63) is 16.1 Å². The van der Waals surface area contributed by atoms with Gasteiger partial charge in [0, 0.05) is 24.5 Å². The highest BCUT2D eigenvalue weighted by Gasteiger charge is 2.29. The van der Waals surface area contributed by atoms with E-state index in [-0.39, 0.29) is 6.04 Å². The van der Waals surface area contributed by atoms with Gasteiger partial charge in [-0.2, -0.15) is 0 Å². The number of thiazole rings is 1. The van der Waals surface area contributed by atoms with Gasteiger partial charge in [0.25, 0.3) is 0 Å². The van der Waals surface area contributed by atoms with Crippen molar-refractivity contribution in [1.82, 2.24) is 9.88 Å². The summed E-state index contributed by atoms with van der Waals surface area (Å²) >= 11 is 1.69. The molecule has 4 heteroatoms. The van der Waals surface area contributed by atoms with Crippen molar-refractivity contribution < 1.29 is 0 Å². The molecule has 1 aliphatic heterocycles. The zero-order valence-electron chi connectivity index (χ0n) is 11.9. The molecule has 0 spiro atoms. The fourth-order valence-electron chi connectivity index (χ4n) is 2.85. The summed E-state index contributed by atoms with van der Waals surface area (Å²) in [4.78, 5) is 7.21. The third kappa shape index (κ3) is 3.11. The maximum absolute atomic E-state index is 5.87. The number of nitrogens with zero attached hydrogens (tertiary/aromatic N) is 2. The molecule has 0 aliphatic carbocycles. The highest BCUT2D eigenvalue weighted by molar-refractivity contribution is 7.09. The zero-order chi connectivity index (χ0) is 13.3. The average molecular weight is 267 g/mol. The third-order valence-corrected chi connectivity index (χ3v) is 5.14. The van der Waals surface area contributed by atoms with Gasteiger partial charge >= 0.3 is 0 Å².